The van der Waals surface area contributed by atoms with Crippen molar-refractivity contribution < 1.29 is 34.5 Å². The average Bonchev–Trinajstić information content (AvgIpc) is 3.47. The predicted molar refractivity (Wildman–Crippen MR) is 231 cm³/mol. The molecule has 5 fully saturated rings. The highest BCUT2D eigenvalue weighted by molar-refractivity contribution is 6.30. The van der Waals surface area contributed by atoms with Gasteiger partial charge in [0.15, 0.2) is 11.5 Å². The Labute approximate surface area is 358 Å². The quantitative estimate of drug-likeness (QED) is 0.0753. The van der Waals surface area contributed by atoms with Gasteiger partial charge in [0.05, 0.1) is 12.5 Å². The van der Waals surface area contributed by atoms with E-state index >= 15 is 0 Å². The van der Waals surface area contributed by atoms with E-state index in [1.54, 1.807) is 0 Å². The number of carboxylic acid groups (broad SMARTS) is 1. The molecule has 5 N–H and O–H groups in total. The Bertz CT molecular complexity index is 1760. The minimum atomic E-state index is -1.71. The third-order valence-electron chi connectivity index (χ3n) is 17.7. The maximum atomic E-state index is 13.8. The molecule has 59 heavy (non-hydrogen) atoms. The number of amides is 1. The molecule has 1 aromatic rings. The van der Waals surface area contributed by atoms with Crippen LogP contribution in [0.5, 0.6) is 0 Å². The number of aliphatic carboxylic acids is 1. The second kappa shape index (κ2) is 17.3. The summed E-state index contributed by atoms with van der Waals surface area (Å²) in [6, 6.07) is 7.75. The molecule has 0 radical (unpaired) electrons. The molecule has 9 nitrogen and oxygen atoms in total. The minimum Gasteiger partial charge on any atom is -0.481 e. The topological polar surface area (TPSA) is 153 Å². The number of aliphatic hydroxyl groups excluding tert-OH is 1. The van der Waals surface area contributed by atoms with E-state index in [0.29, 0.717) is 67.6 Å². The molecule has 1 aromatic carbocycles. The van der Waals surface area contributed by atoms with E-state index in [0.717, 1.165) is 55.5 Å². The van der Waals surface area contributed by atoms with Crippen molar-refractivity contribution in [1.29, 1.82) is 0 Å². The fourth-order valence-corrected chi connectivity index (χ4v) is 14.7. The highest BCUT2D eigenvalue weighted by Crippen LogP contribution is 2.74. The van der Waals surface area contributed by atoms with Crippen molar-refractivity contribution in [3.8, 4) is 0 Å². The Morgan fingerprint density at radius 1 is 0.966 bits per heavy atom. The van der Waals surface area contributed by atoms with E-state index in [-0.39, 0.29) is 57.7 Å². The van der Waals surface area contributed by atoms with Crippen LogP contribution < -0.4 is 10.6 Å². The first-order valence-electron chi connectivity index (χ1n) is 22.7. The van der Waals surface area contributed by atoms with Crippen LogP contribution in [0.4, 0.5) is 0 Å². The first-order valence-corrected chi connectivity index (χ1v) is 23.1. The van der Waals surface area contributed by atoms with Crippen molar-refractivity contribution >= 4 is 35.5 Å². The molecule has 0 spiro atoms. The fraction of sp³-hybridized carbons (Fsp3) is 0.755. The second-order valence-corrected chi connectivity index (χ2v) is 21.8. The number of hydrogen-bond donors (Lipinski definition) is 5. The highest BCUT2D eigenvalue weighted by atomic mass is 35.5. The number of carbonyl (C=O) groups is 4. The predicted octanol–water partition coefficient (Wildman–Crippen LogP) is 8.56. The summed E-state index contributed by atoms with van der Waals surface area (Å²) in [5.74, 6) is 1.84. The molecule has 10 heteroatoms. The van der Waals surface area contributed by atoms with E-state index in [1.807, 2.05) is 38.1 Å². The third-order valence-corrected chi connectivity index (χ3v) is 18.0. The first-order chi connectivity index (χ1) is 27.7. The average molecular weight is 838 g/mol. The number of halogens is 1. The molecule has 0 aromatic heterocycles. The lowest BCUT2D eigenvalue weighted by Crippen LogP contribution is -2.62. The number of aliphatic hydroxyl groups is 2. The largest absolute Gasteiger partial charge is 0.481 e. The van der Waals surface area contributed by atoms with Crippen LogP contribution >= 0.6 is 11.6 Å². The van der Waals surface area contributed by atoms with Crippen LogP contribution in [0.1, 0.15) is 131 Å². The lowest BCUT2D eigenvalue weighted by Gasteiger charge is -2.69. The van der Waals surface area contributed by atoms with E-state index in [1.165, 1.54) is 24.0 Å². The molecule has 0 heterocycles. The SMILES string of the molecule is CC(C)C1=C2C3CCC4C(C)(CCC5C(C)(C)C(CC(=O)C6CC(C(=O)O)C6C)CCC54C)C3CCC2(CCNCC(O)(CO)NC=O)CC1=O.Cc1ccc(Cl)cc1. The lowest BCUT2D eigenvalue weighted by molar-refractivity contribution is -0.193. The summed E-state index contributed by atoms with van der Waals surface area (Å²) in [5.41, 5.74) is 2.27. The van der Waals surface area contributed by atoms with Gasteiger partial charge in [-0.05, 0) is 153 Å². The first kappa shape index (κ1) is 45.9. The number of rotatable bonds is 13. The van der Waals surface area contributed by atoms with Crippen molar-refractivity contribution in [3.05, 3.63) is 46.0 Å². The number of hydrogen-bond acceptors (Lipinski definition) is 7. The molecule has 7 rings (SSSR count). The molecule has 0 saturated heterocycles. The van der Waals surface area contributed by atoms with Gasteiger partial charge in [0.25, 0.3) is 0 Å². The summed E-state index contributed by atoms with van der Waals surface area (Å²) in [6.45, 7) is 18.4. The molecular formula is C49H73ClN2O7. The molecule has 6 aliphatic rings. The zero-order chi connectivity index (χ0) is 43.3. The number of ketones is 2. The summed E-state index contributed by atoms with van der Waals surface area (Å²) in [4.78, 5) is 49.9. The van der Waals surface area contributed by atoms with Gasteiger partial charge in [-0.3, -0.25) is 19.2 Å². The number of aryl methyl sites for hydroxylation is 1. The smallest absolute Gasteiger partial charge is 0.306 e. The van der Waals surface area contributed by atoms with Crippen LogP contribution in [-0.4, -0.2) is 64.7 Å². The Morgan fingerprint density at radius 3 is 2.24 bits per heavy atom. The van der Waals surface area contributed by atoms with E-state index in [9.17, 15) is 34.5 Å². The van der Waals surface area contributed by atoms with Gasteiger partial charge in [-0.1, -0.05) is 83.3 Å². The Balaban J connectivity index is 0.000000654. The molecular weight excluding hydrogens is 764 g/mol. The number of Topliss-reactive ketones (excluding diaryl/α,β-unsaturated/α-hetero) is 2. The third kappa shape index (κ3) is 8.37. The highest BCUT2D eigenvalue weighted by Gasteiger charge is 2.66. The normalized spacial score (nSPS) is 38.0. The van der Waals surface area contributed by atoms with Gasteiger partial charge in [0.2, 0.25) is 6.41 Å². The second-order valence-electron chi connectivity index (χ2n) is 21.4. The molecule has 12 atom stereocenters. The zero-order valence-electron chi connectivity index (χ0n) is 37.0. The summed E-state index contributed by atoms with van der Waals surface area (Å²) in [7, 11) is 0. The number of carboxylic acids is 1. The van der Waals surface area contributed by atoms with Crippen molar-refractivity contribution in [1.82, 2.24) is 10.6 Å². The number of nitrogens with one attached hydrogen (secondary N) is 2. The minimum absolute atomic E-state index is 0.0311. The zero-order valence-corrected chi connectivity index (χ0v) is 37.8. The van der Waals surface area contributed by atoms with E-state index < -0.39 is 18.3 Å². The molecule has 328 valence electrons. The molecule has 5 saturated carbocycles. The molecule has 0 aliphatic heterocycles. The molecule has 12 unspecified atom stereocenters. The Hall–Kier alpha value is -2.59. The van der Waals surface area contributed by atoms with Gasteiger partial charge < -0.3 is 26.0 Å². The molecule has 6 aliphatic carbocycles. The number of allylic oxidation sites excluding steroid dienone is 2. The monoisotopic (exact) mass is 837 g/mol. The number of benzene rings is 1. The standard InChI is InChI=1S/C42H66N2O7.C7H7Cl/c1-24(2)35-32(48)20-41(16-17-43-21-42(51,22-45)44-23-46)15-11-30-27(36(35)41)8-9-34-39(30,6)14-12-33-38(4,5)26(10-13-40(33,34)7)18-31(47)28-19-29(25(28)3)37(49)50;1-6-2-4-7(8)5-3-6/h23-30,33-34,43,45,51H,8-22H2,1-7H3,(H,44,46)(H,49,50);2-5H,1H3. The van der Waals surface area contributed by atoms with Crippen molar-refractivity contribution in [3.63, 3.8) is 0 Å². The van der Waals surface area contributed by atoms with Gasteiger partial charge in [0, 0.05) is 35.7 Å². The van der Waals surface area contributed by atoms with E-state index in [2.05, 4.69) is 52.2 Å². The summed E-state index contributed by atoms with van der Waals surface area (Å²) in [6.07, 6.45) is 11.8. The van der Waals surface area contributed by atoms with Gasteiger partial charge in [-0.2, -0.15) is 0 Å². The van der Waals surface area contributed by atoms with Crippen LogP contribution in [-0.2, 0) is 19.2 Å². The molecule has 0 bridgehead atoms. The van der Waals surface area contributed by atoms with Gasteiger partial charge >= 0.3 is 5.97 Å². The summed E-state index contributed by atoms with van der Waals surface area (Å²) >= 11 is 5.61. The number of carbonyl (C=O) groups excluding carboxylic acids is 3. The summed E-state index contributed by atoms with van der Waals surface area (Å²) < 4.78 is 0. The maximum absolute atomic E-state index is 13.8. The summed E-state index contributed by atoms with van der Waals surface area (Å²) in [5, 5.41) is 36.0. The van der Waals surface area contributed by atoms with Crippen LogP contribution in [0.25, 0.3) is 0 Å². The van der Waals surface area contributed by atoms with Crippen molar-refractivity contribution in [2.24, 2.45) is 74.9 Å². The fourth-order valence-electron chi connectivity index (χ4n) is 14.5. The van der Waals surface area contributed by atoms with Crippen LogP contribution in [0.15, 0.2) is 35.4 Å². The van der Waals surface area contributed by atoms with Gasteiger partial charge in [-0.15, -0.1) is 0 Å². The lowest BCUT2D eigenvalue weighted by atomic mass is 9.35. The number of fused-ring (bicyclic) bond motifs is 7. The van der Waals surface area contributed by atoms with Crippen molar-refractivity contribution in [2.45, 2.75) is 138 Å². The molecule has 1 amide bonds. The van der Waals surface area contributed by atoms with Gasteiger partial charge in [0.1, 0.15) is 5.78 Å². The van der Waals surface area contributed by atoms with Crippen molar-refractivity contribution in [2.75, 3.05) is 19.7 Å². The Kier molecular flexibility index (Phi) is 13.5. The van der Waals surface area contributed by atoms with E-state index in [4.69, 9.17) is 11.6 Å². The van der Waals surface area contributed by atoms with Crippen LogP contribution in [0.2, 0.25) is 5.02 Å². The van der Waals surface area contributed by atoms with Crippen LogP contribution in [0, 0.1) is 81.8 Å². The maximum Gasteiger partial charge on any atom is 0.306 e. The Morgan fingerprint density at radius 2 is 1.64 bits per heavy atom. The van der Waals surface area contributed by atoms with Gasteiger partial charge in [-0.25, -0.2) is 0 Å². The van der Waals surface area contributed by atoms with Crippen LogP contribution in [0.3, 0.4) is 0 Å².